The number of rotatable bonds is 10. The van der Waals surface area contributed by atoms with E-state index in [1.54, 1.807) is 13.0 Å². The number of aliphatic carboxylic acids is 1. The highest BCUT2D eigenvalue weighted by molar-refractivity contribution is 6.36. The molecule has 54 heavy (non-hydrogen) atoms. The average Bonchev–Trinajstić information content (AvgIpc) is 3.65. The van der Waals surface area contributed by atoms with Crippen LogP contribution in [0, 0.1) is 18.8 Å². The molecule has 286 valence electrons. The summed E-state index contributed by atoms with van der Waals surface area (Å²) >= 11 is 7.00. The summed E-state index contributed by atoms with van der Waals surface area (Å²) in [4.78, 5) is 52.6. The second-order valence-corrected chi connectivity index (χ2v) is 15.6. The normalized spacial score (nSPS) is 19.5. The van der Waals surface area contributed by atoms with Crippen LogP contribution in [0.25, 0.3) is 11.1 Å². The number of hydrogen-bond acceptors (Lipinski definition) is 8. The Balaban J connectivity index is 1.03. The molecule has 1 atom stereocenters. The number of carbonyl (C=O) groups excluding carboxylic acids is 2. The lowest BCUT2D eigenvalue weighted by atomic mass is 9.81. The summed E-state index contributed by atoms with van der Waals surface area (Å²) in [5.41, 5.74) is 7.24. The third kappa shape index (κ3) is 7.68. The van der Waals surface area contributed by atoms with Crippen LogP contribution < -0.4 is 10.6 Å². The zero-order valence-corrected chi connectivity index (χ0v) is 32.1. The molecule has 0 unspecified atom stereocenters. The van der Waals surface area contributed by atoms with Gasteiger partial charge in [0.15, 0.2) is 11.6 Å². The topological polar surface area (TPSA) is 158 Å². The number of aliphatic hydroxyl groups is 1. The predicted octanol–water partition coefficient (Wildman–Crippen LogP) is 5.28. The van der Waals surface area contributed by atoms with Gasteiger partial charge in [0.25, 0.3) is 11.8 Å². The zero-order chi connectivity index (χ0) is 38.3. The molecule has 4 heterocycles. The molecular formula is C40H49ClN8O5. The number of amides is 2. The summed E-state index contributed by atoms with van der Waals surface area (Å²) in [7, 11) is 3.73. The van der Waals surface area contributed by atoms with Crippen molar-refractivity contribution in [3.8, 4) is 11.1 Å². The number of nitrogens with zero attached hydrogens (tertiary/aromatic N) is 6. The SMILES string of the molecule is Cc1c(NC(=O)c2nc3c(n2C)CCN(C[C@@H](C)O)C3)cccc1-c1cccc(NC(=O)c2nc3c(n2C)CCN(C[C@H]2CC[C@@H](C(=O)O)CC2)C3)c1Cl. The molecule has 0 bridgehead atoms. The molecule has 2 amide bonds. The zero-order valence-electron chi connectivity index (χ0n) is 31.4. The molecule has 1 aliphatic carbocycles. The number of aromatic nitrogens is 4. The second-order valence-electron chi connectivity index (χ2n) is 15.2. The summed E-state index contributed by atoms with van der Waals surface area (Å²) < 4.78 is 3.73. The summed E-state index contributed by atoms with van der Waals surface area (Å²) in [5.74, 6) is -0.450. The van der Waals surface area contributed by atoms with Crippen molar-refractivity contribution in [1.82, 2.24) is 28.9 Å². The van der Waals surface area contributed by atoms with Crippen LogP contribution in [0.5, 0.6) is 0 Å². The summed E-state index contributed by atoms with van der Waals surface area (Å²) in [6, 6.07) is 11.1. The fourth-order valence-electron chi connectivity index (χ4n) is 8.47. The van der Waals surface area contributed by atoms with Crippen LogP contribution in [-0.2, 0) is 44.8 Å². The molecule has 2 aliphatic heterocycles. The van der Waals surface area contributed by atoms with Gasteiger partial charge in [-0.15, -0.1) is 0 Å². The van der Waals surface area contributed by atoms with Gasteiger partial charge in [-0.3, -0.25) is 24.2 Å². The van der Waals surface area contributed by atoms with E-state index in [0.717, 1.165) is 92.1 Å². The number of imidazole rings is 2. The van der Waals surface area contributed by atoms with Gasteiger partial charge < -0.3 is 30.0 Å². The van der Waals surface area contributed by atoms with Crippen LogP contribution in [0.4, 0.5) is 11.4 Å². The summed E-state index contributed by atoms with van der Waals surface area (Å²) in [5, 5.41) is 25.6. The number of halogens is 1. The van der Waals surface area contributed by atoms with Crippen molar-refractivity contribution < 1.29 is 24.6 Å². The number of carbonyl (C=O) groups is 3. The molecule has 1 fully saturated rings. The number of benzene rings is 2. The minimum Gasteiger partial charge on any atom is -0.481 e. The quantitative estimate of drug-likeness (QED) is 0.169. The van der Waals surface area contributed by atoms with Crippen molar-refractivity contribution in [3.05, 3.63) is 81.4 Å². The lowest BCUT2D eigenvalue weighted by Gasteiger charge is -2.33. The molecule has 2 aromatic carbocycles. The number of fused-ring (bicyclic) bond motifs is 2. The highest BCUT2D eigenvalue weighted by Crippen LogP contribution is 2.38. The molecule has 4 aromatic rings. The Kier molecular flexibility index (Phi) is 10.9. The third-order valence-corrected chi connectivity index (χ3v) is 11.8. The van der Waals surface area contributed by atoms with E-state index in [1.165, 1.54) is 0 Å². The molecular weight excluding hydrogens is 708 g/mol. The van der Waals surface area contributed by atoms with Gasteiger partial charge in [-0.1, -0.05) is 35.9 Å². The first-order valence-electron chi connectivity index (χ1n) is 18.8. The van der Waals surface area contributed by atoms with Gasteiger partial charge in [-0.2, -0.15) is 0 Å². The molecule has 14 heteroatoms. The van der Waals surface area contributed by atoms with E-state index in [2.05, 4.69) is 20.4 Å². The minimum atomic E-state index is -0.684. The van der Waals surface area contributed by atoms with Gasteiger partial charge >= 0.3 is 5.97 Å². The van der Waals surface area contributed by atoms with Gasteiger partial charge in [0.05, 0.1) is 34.1 Å². The molecule has 0 radical (unpaired) electrons. The second kappa shape index (κ2) is 15.7. The van der Waals surface area contributed by atoms with Gasteiger partial charge in [-0.05, 0) is 68.7 Å². The van der Waals surface area contributed by atoms with Crippen LogP contribution in [-0.4, -0.2) is 89.2 Å². The molecule has 2 aromatic heterocycles. The Morgan fingerprint density at radius 1 is 0.833 bits per heavy atom. The van der Waals surface area contributed by atoms with E-state index in [9.17, 15) is 24.6 Å². The maximum absolute atomic E-state index is 13.7. The first-order chi connectivity index (χ1) is 25.9. The summed E-state index contributed by atoms with van der Waals surface area (Å²) in [6.45, 7) is 8.06. The summed E-state index contributed by atoms with van der Waals surface area (Å²) in [6.07, 6.45) is 4.41. The van der Waals surface area contributed by atoms with Crippen molar-refractivity contribution in [2.75, 3.05) is 36.8 Å². The van der Waals surface area contributed by atoms with Crippen LogP contribution in [0.3, 0.4) is 0 Å². The third-order valence-electron chi connectivity index (χ3n) is 11.4. The Hall–Kier alpha value is -4.56. The largest absolute Gasteiger partial charge is 0.481 e. The van der Waals surface area contributed by atoms with E-state index in [1.807, 2.05) is 60.5 Å². The molecule has 3 aliphatic rings. The van der Waals surface area contributed by atoms with Crippen molar-refractivity contribution in [3.63, 3.8) is 0 Å². The lowest BCUT2D eigenvalue weighted by Crippen LogP contribution is -2.36. The first kappa shape index (κ1) is 37.7. The van der Waals surface area contributed by atoms with Gasteiger partial charge in [0.1, 0.15) is 0 Å². The fraction of sp³-hybridized carbons (Fsp3) is 0.475. The highest BCUT2D eigenvalue weighted by atomic mass is 35.5. The maximum atomic E-state index is 13.7. The molecule has 0 spiro atoms. The standard InChI is InChI=1S/C40H49ClN8O5/c1-23(50)19-48-17-15-33-31(21-48)42-36(46(33)3)38(51)44-29-9-5-7-27(24(29)2)28-8-6-10-30(35(28)41)45-39(52)37-43-32-22-49(18-16-34(32)47(37)4)20-25-11-13-26(14-12-25)40(53)54/h5-10,23,25-26,50H,11-22H2,1-4H3,(H,44,51)(H,45,52)(H,53,54)/t23-,25-,26+/m1/s1. The average molecular weight is 757 g/mol. The smallest absolute Gasteiger partial charge is 0.306 e. The maximum Gasteiger partial charge on any atom is 0.306 e. The number of nitrogens with one attached hydrogen (secondary N) is 2. The monoisotopic (exact) mass is 756 g/mol. The van der Waals surface area contributed by atoms with Crippen molar-refractivity contribution in [2.24, 2.45) is 25.9 Å². The fourth-order valence-corrected chi connectivity index (χ4v) is 8.74. The molecule has 4 N–H and O–H groups in total. The molecule has 13 nitrogen and oxygen atoms in total. The predicted molar refractivity (Wildman–Crippen MR) is 207 cm³/mol. The number of carboxylic acid groups (broad SMARTS) is 1. The number of anilines is 2. The van der Waals surface area contributed by atoms with Crippen LogP contribution in [0.2, 0.25) is 5.02 Å². The Bertz CT molecular complexity index is 2080. The Labute approximate surface area is 320 Å². The lowest BCUT2D eigenvalue weighted by molar-refractivity contribution is -0.143. The van der Waals surface area contributed by atoms with E-state index >= 15 is 0 Å². The van der Waals surface area contributed by atoms with Gasteiger partial charge in [0, 0.05) is 88.8 Å². The Morgan fingerprint density at radius 2 is 1.37 bits per heavy atom. The van der Waals surface area contributed by atoms with Crippen LogP contribution in [0.1, 0.15) is 82.2 Å². The van der Waals surface area contributed by atoms with E-state index in [0.29, 0.717) is 59.2 Å². The first-order valence-corrected chi connectivity index (χ1v) is 19.2. The minimum absolute atomic E-state index is 0.221. The molecule has 1 saturated carbocycles. The van der Waals surface area contributed by atoms with Crippen LogP contribution >= 0.6 is 11.6 Å². The number of aliphatic hydroxyl groups excluding tert-OH is 1. The van der Waals surface area contributed by atoms with Crippen LogP contribution in [0.15, 0.2) is 36.4 Å². The molecule has 7 rings (SSSR count). The number of carboxylic acids is 1. The number of hydrogen-bond donors (Lipinski definition) is 4. The Morgan fingerprint density at radius 3 is 1.96 bits per heavy atom. The molecule has 0 saturated heterocycles. The van der Waals surface area contributed by atoms with Crippen molar-refractivity contribution >= 4 is 40.8 Å². The number of β-amino-alcohol motifs (C(OH)–C–C–N with tert-alkyl or cyclic N) is 1. The van der Waals surface area contributed by atoms with Crippen molar-refractivity contribution in [1.29, 1.82) is 0 Å². The van der Waals surface area contributed by atoms with E-state index in [-0.39, 0.29) is 17.7 Å². The van der Waals surface area contributed by atoms with E-state index < -0.39 is 12.1 Å². The highest BCUT2D eigenvalue weighted by Gasteiger charge is 2.31. The van der Waals surface area contributed by atoms with Gasteiger partial charge in [-0.25, -0.2) is 9.97 Å². The van der Waals surface area contributed by atoms with E-state index in [4.69, 9.17) is 21.6 Å². The van der Waals surface area contributed by atoms with Gasteiger partial charge in [0.2, 0.25) is 0 Å². The van der Waals surface area contributed by atoms with Crippen molar-refractivity contribution in [2.45, 2.75) is 71.6 Å².